The van der Waals surface area contributed by atoms with Crippen molar-refractivity contribution in [3.63, 3.8) is 0 Å². The summed E-state index contributed by atoms with van der Waals surface area (Å²) in [6.07, 6.45) is 1.88. The summed E-state index contributed by atoms with van der Waals surface area (Å²) in [5, 5.41) is 2.11. The van der Waals surface area contributed by atoms with Crippen molar-refractivity contribution in [1.29, 1.82) is 0 Å². The van der Waals surface area contributed by atoms with Crippen LogP contribution < -0.4 is 4.90 Å². The van der Waals surface area contributed by atoms with E-state index in [9.17, 15) is 9.18 Å². The van der Waals surface area contributed by atoms with Crippen molar-refractivity contribution in [1.82, 2.24) is 4.90 Å². The van der Waals surface area contributed by atoms with Crippen LogP contribution in [0.1, 0.15) is 18.2 Å². The van der Waals surface area contributed by atoms with Gasteiger partial charge in [-0.25, -0.2) is 4.39 Å². The van der Waals surface area contributed by atoms with Crippen LogP contribution in [0.4, 0.5) is 10.1 Å². The third-order valence-corrected chi connectivity index (χ3v) is 6.11. The van der Waals surface area contributed by atoms with Crippen molar-refractivity contribution in [3.8, 4) is 0 Å². The molecule has 1 fully saturated rings. The Bertz CT molecular complexity index is 738. The number of hydrogen-bond donors (Lipinski definition) is 0. The van der Waals surface area contributed by atoms with Gasteiger partial charge in [0, 0.05) is 37.7 Å². The quantitative estimate of drug-likeness (QED) is 0.721. The third-order valence-electron chi connectivity index (χ3n) is 5.18. The van der Waals surface area contributed by atoms with Gasteiger partial charge in [-0.15, -0.1) is 11.3 Å². The third kappa shape index (κ3) is 4.94. The molecule has 1 aliphatic heterocycles. The molecule has 6 heteroatoms. The van der Waals surface area contributed by atoms with Crippen LogP contribution in [0.5, 0.6) is 0 Å². The highest BCUT2D eigenvalue weighted by Crippen LogP contribution is 2.29. The number of carbonyl (C=O) groups excluding carboxylic acids is 1. The zero-order valence-corrected chi connectivity index (χ0v) is 16.8. The molecule has 27 heavy (non-hydrogen) atoms. The van der Waals surface area contributed by atoms with E-state index in [0.717, 1.165) is 32.5 Å². The Kier molecular flexibility index (Phi) is 6.99. The van der Waals surface area contributed by atoms with Gasteiger partial charge in [-0.05, 0) is 42.3 Å². The van der Waals surface area contributed by atoms with Crippen LogP contribution in [0.3, 0.4) is 0 Å². The predicted molar refractivity (Wildman–Crippen MR) is 108 cm³/mol. The van der Waals surface area contributed by atoms with Gasteiger partial charge >= 0.3 is 0 Å². The molecule has 0 unspecified atom stereocenters. The van der Waals surface area contributed by atoms with Gasteiger partial charge in [0.1, 0.15) is 12.4 Å². The van der Waals surface area contributed by atoms with Crippen molar-refractivity contribution in [2.24, 2.45) is 5.92 Å². The summed E-state index contributed by atoms with van der Waals surface area (Å²) in [7, 11) is 1.49. The van der Waals surface area contributed by atoms with Gasteiger partial charge in [0.15, 0.2) is 0 Å². The van der Waals surface area contributed by atoms with Crippen LogP contribution in [0.15, 0.2) is 41.8 Å². The Labute approximate surface area is 164 Å². The number of ether oxygens (including phenoxy) is 1. The summed E-state index contributed by atoms with van der Waals surface area (Å²) in [4.78, 5) is 18.2. The number of hydrogen-bond acceptors (Lipinski definition) is 4. The average molecular weight is 391 g/mol. The molecule has 0 radical (unpaired) electrons. The predicted octanol–water partition coefficient (Wildman–Crippen LogP) is 3.82. The maximum atomic E-state index is 14.4. The van der Waals surface area contributed by atoms with E-state index in [1.165, 1.54) is 18.1 Å². The van der Waals surface area contributed by atoms with Gasteiger partial charge in [-0.2, -0.15) is 0 Å². The van der Waals surface area contributed by atoms with Gasteiger partial charge < -0.3 is 14.5 Å². The molecule has 4 nitrogen and oxygen atoms in total. The Balaban J connectivity index is 1.70. The SMILES string of the molecule is COCC(=O)N(c1ccccc1F)[C@@H]1CCN(CCc2cccs2)C[C@H]1C. The van der Waals surface area contributed by atoms with Gasteiger partial charge in [0.05, 0.1) is 5.69 Å². The van der Waals surface area contributed by atoms with E-state index in [-0.39, 0.29) is 30.3 Å². The molecule has 1 aromatic carbocycles. The van der Waals surface area contributed by atoms with Crippen molar-refractivity contribution < 1.29 is 13.9 Å². The topological polar surface area (TPSA) is 32.8 Å². The second-order valence-corrected chi connectivity index (χ2v) is 8.14. The Morgan fingerprint density at radius 2 is 2.15 bits per heavy atom. The first-order valence-corrected chi connectivity index (χ1v) is 10.3. The Morgan fingerprint density at radius 1 is 1.33 bits per heavy atom. The first kappa shape index (κ1) is 20.0. The molecule has 0 N–H and O–H groups in total. The van der Waals surface area contributed by atoms with E-state index in [1.54, 1.807) is 34.4 Å². The minimum atomic E-state index is -0.366. The lowest BCUT2D eigenvalue weighted by Crippen LogP contribution is -2.53. The first-order chi connectivity index (χ1) is 13.1. The lowest BCUT2D eigenvalue weighted by atomic mass is 9.91. The molecule has 146 valence electrons. The van der Waals surface area contributed by atoms with Crippen molar-refractivity contribution >= 4 is 22.9 Å². The molecule has 2 heterocycles. The van der Waals surface area contributed by atoms with Crippen molar-refractivity contribution in [2.75, 3.05) is 38.3 Å². The monoisotopic (exact) mass is 390 g/mol. The van der Waals surface area contributed by atoms with E-state index in [1.807, 2.05) is 0 Å². The largest absolute Gasteiger partial charge is 0.375 e. The Morgan fingerprint density at radius 3 is 2.81 bits per heavy atom. The lowest BCUT2D eigenvalue weighted by molar-refractivity contribution is -0.123. The number of halogens is 1. The molecular weight excluding hydrogens is 363 g/mol. The number of piperidine rings is 1. The van der Waals surface area contributed by atoms with Gasteiger partial charge in [-0.1, -0.05) is 25.1 Å². The fraction of sp³-hybridized carbons (Fsp3) is 0.476. The smallest absolute Gasteiger partial charge is 0.253 e. The number of para-hydroxylation sites is 1. The average Bonchev–Trinajstić information content (AvgIpc) is 3.17. The normalized spacial score (nSPS) is 20.6. The number of amides is 1. The highest BCUT2D eigenvalue weighted by atomic mass is 32.1. The van der Waals surface area contributed by atoms with E-state index >= 15 is 0 Å². The van der Waals surface area contributed by atoms with Crippen LogP contribution in [0.25, 0.3) is 0 Å². The second-order valence-electron chi connectivity index (χ2n) is 7.11. The summed E-state index contributed by atoms with van der Waals surface area (Å²) >= 11 is 1.79. The van der Waals surface area contributed by atoms with Crippen LogP contribution in [-0.4, -0.2) is 50.2 Å². The number of anilines is 1. The zero-order chi connectivity index (χ0) is 19.2. The molecule has 2 atom stereocenters. The maximum Gasteiger partial charge on any atom is 0.253 e. The summed E-state index contributed by atoms with van der Waals surface area (Å²) in [5.41, 5.74) is 0.350. The Hall–Kier alpha value is -1.76. The zero-order valence-electron chi connectivity index (χ0n) is 15.9. The summed E-state index contributed by atoms with van der Waals surface area (Å²) in [6.45, 7) is 4.94. The second kappa shape index (κ2) is 9.44. The number of likely N-dealkylation sites (tertiary alicyclic amines) is 1. The number of methoxy groups -OCH3 is 1. The van der Waals surface area contributed by atoms with Crippen LogP contribution in [0.2, 0.25) is 0 Å². The van der Waals surface area contributed by atoms with E-state index in [2.05, 4.69) is 29.3 Å². The molecule has 0 aliphatic carbocycles. The molecule has 0 spiro atoms. The highest BCUT2D eigenvalue weighted by Gasteiger charge is 2.35. The number of rotatable bonds is 7. The number of benzene rings is 1. The fourth-order valence-electron chi connectivity index (χ4n) is 3.87. The van der Waals surface area contributed by atoms with E-state index in [4.69, 9.17) is 4.74 Å². The minimum absolute atomic E-state index is 0.0254. The standard InChI is InChI=1S/C21H27FN2O2S/c1-16-14-23(11-9-17-6-5-13-27-17)12-10-19(16)24(21(25)15-26-2)20-8-4-3-7-18(20)22/h3-8,13,16,19H,9-12,14-15H2,1-2H3/t16-,19-/m1/s1. The molecule has 1 aromatic heterocycles. The molecule has 0 saturated carbocycles. The number of nitrogens with zero attached hydrogens (tertiary/aromatic N) is 2. The van der Waals surface area contributed by atoms with E-state index < -0.39 is 0 Å². The fourth-order valence-corrected chi connectivity index (χ4v) is 4.57. The summed E-state index contributed by atoms with van der Waals surface area (Å²) in [6, 6.07) is 10.7. The number of thiophene rings is 1. The molecule has 1 aliphatic rings. The van der Waals surface area contributed by atoms with Gasteiger partial charge in [0.2, 0.25) is 0 Å². The molecular formula is C21H27FN2O2S. The van der Waals surface area contributed by atoms with Crippen LogP contribution >= 0.6 is 11.3 Å². The van der Waals surface area contributed by atoms with Gasteiger partial charge in [0.25, 0.3) is 5.91 Å². The van der Waals surface area contributed by atoms with Gasteiger partial charge in [-0.3, -0.25) is 4.79 Å². The van der Waals surface area contributed by atoms with Crippen LogP contribution in [0, 0.1) is 11.7 Å². The maximum absolute atomic E-state index is 14.4. The van der Waals surface area contributed by atoms with E-state index in [0.29, 0.717) is 5.69 Å². The minimum Gasteiger partial charge on any atom is -0.375 e. The summed E-state index contributed by atoms with van der Waals surface area (Å²) < 4.78 is 19.5. The molecule has 2 aromatic rings. The van der Waals surface area contributed by atoms with Crippen molar-refractivity contribution in [2.45, 2.75) is 25.8 Å². The molecule has 1 amide bonds. The molecule has 1 saturated heterocycles. The van der Waals surface area contributed by atoms with Crippen LogP contribution in [-0.2, 0) is 16.0 Å². The molecule has 3 rings (SSSR count). The first-order valence-electron chi connectivity index (χ1n) is 9.40. The number of carbonyl (C=O) groups is 1. The lowest BCUT2D eigenvalue weighted by Gasteiger charge is -2.42. The summed E-state index contributed by atoms with van der Waals surface area (Å²) in [5.74, 6) is -0.303. The molecule has 0 bridgehead atoms. The highest BCUT2D eigenvalue weighted by molar-refractivity contribution is 7.09. The van der Waals surface area contributed by atoms with Crippen molar-refractivity contribution in [3.05, 3.63) is 52.5 Å².